The number of hydrogen-bond acceptors (Lipinski definition) is 3. The largest absolute Gasteiger partial charge is 0.383 e. The van der Waals surface area contributed by atoms with E-state index in [0.29, 0.717) is 6.04 Å². The summed E-state index contributed by atoms with van der Waals surface area (Å²) in [6.07, 6.45) is 4.67. The topological polar surface area (TPSA) is 33.6 Å². The maximum absolute atomic E-state index is 5.15. The van der Waals surface area contributed by atoms with E-state index in [4.69, 9.17) is 4.74 Å². The molecule has 0 aromatic rings. The average Bonchev–Trinajstić information content (AvgIpc) is 2.58. The highest BCUT2D eigenvalue weighted by molar-refractivity contribution is 5.83. The van der Waals surface area contributed by atoms with Crippen LogP contribution in [0.5, 0.6) is 0 Å². The first-order valence-corrected chi connectivity index (χ1v) is 5.15. The number of hydrogen-bond donors (Lipinski definition) is 1. The van der Waals surface area contributed by atoms with Crippen LogP contribution in [0.1, 0.15) is 32.6 Å². The quantitative estimate of drug-likeness (QED) is 0.704. The Bertz CT molecular complexity index is 162. The third-order valence-electron chi connectivity index (χ3n) is 2.25. The van der Waals surface area contributed by atoms with Crippen LogP contribution >= 0.6 is 0 Å². The number of methoxy groups -OCH3 is 1. The minimum absolute atomic E-state index is 0.451. The molecule has 0 radical (unpaired) electrons. The summed E-state index contributed by atoms with van der Waals surface area (Å²) in [5.41, 5.74) is 0. The molecule has 1 unspecified atom stereocenters. The van der Waals surface area contributed by atoms with Gasteiger partial charge < -0.3 is 10.1 Å². The number of nitrogens with one attached hydrogen (secondary N) is 1. The summed E-state index contributed by atoms with van der Waals surface area (Å²) >= 11 is 0. The number of ether oxygens (including phenoxy) is 1. The molecule has 1 heterocycles. The maximum Gasteiger partial charge on any atom is 0.0966 e. The van der Waals surface area contributed by atoms with E-state index in [1.165, 1.54) is 18.7 Å². The normalized spacial score (nSPS) is 18.5. The van der Waals surface area contributed by atoms with E-state index >= 15 is 0 Å². The van der Waals surface area contributed by atoms with Gasteiger partial charge in [0.25, 0.3) is 0 Å². The molecule has 0 spiro atoms. The van der Waals surface area contributed by atoms with Crippen LogP contribution in [0.4, 0.5) is 0 Å². The SMILES string of the molecule is CCCC(COC)NC1=NCCC1. The predicted molar refractivity (Wildman–Crippen MR) is 55.2 cm³/mol. The summed E-state index contributed by atoms with van der Waals surface area (Å²) in [6, 6.07) is 0.451. The molecule has 0 aliphatic carbocycles. The van der Waals surface area contributed by atoms with Crippen LogP contribution in [0, 0.1) is 0 Å². The molecule has 76 valence electrons. The van der Waals surface area contributed by atoms with Crippen LogP contribution in [0.25, 0.3) is 0 Å². The van der Waals surface area contributed by atoms with Gasteiger partial charge in [-0.2, -0.15) is 0 Å². The van der Waals surface area contributed by atoms with Gasteiger partial charge in [0.05, 0.1) is 18.5 Å². The standard InChI is InChI=1S/C10H20N2O/c1-3-5-9(8-13-2)12-10-6-4-7-11-10/h9H,3-8H2,1-2H3,(H,11,12). The molecule has 13 heavy (non-hydrogen) atoms. The van der Waals surface area contributed by atoms with Gasteiger partial charge in [-0.3, -0.25) is 4.99 Å². The van der Waals surface area contributed by atoms with E-state index in [1.807, 2.05) is 0 Å². The Labute approximate surface area is 80.6 Å². The molecule has 1 aliphatic rings. The van der Waals surface area contributed by atoms with Crippen molar-refractivity contribution in [3.05, 3.63) is 0 Å². The first-order chi connectivity index (χ1) is 6.36. The fourth-order valence-electron chi connectivity index (χ4n) is 1.64. The van der Waals surface area contributed by atoms with E-state index < -0.39 is 0 Å². The molecule has 1 aliphatic heterocycles. The number of nitrogens with zero attached hydrogens (tertiary/aromatic N) is 1. The zero-order valence-corrected chi connectivity index (χ0v) is 8.68. The van der Waals surface area contributed by atoms with Crippen molar-refractivity contribution in [1.29, 1.82) is 0 Å². The van der Waals surface area contributed by atoms with Gasteiger partial charge in [0.15, 0.2) is 0 Å². The minimum Gasteiger partial charge on any atom is -0.383 e. The second-order valence-corrected chi connectivity index (χ2v) is 3.52. The lowest BCUT2D eigenvalue weighted by atomic mass is 10.2. The zero-order chi connectivity index (χ0) is 9.52. The van der Waals surface area contributed by atoms with Gasteiger partial charge in [-0.25, -0.2) is 0 Å². The Hall–Kier alpha value is -0.570. The number of aliphatic imine (C=N–C) groups is 1. The first-order valence-electron chi connectivity index (χ1n) is 5.15. The van der Waals surface area contributed by atoms with Crippen LogP contribution in [0.3, 0.4) is 0 Å². The van der Waals surface area contributed by atoms with E-state index in [9.17, 15) is 0 Å². The summed E-state index contributed by atoms with van der Waals surface area (Å²) < 4.78 is 5.15. The Balaban J connectivity index is 2.27. The van der Waals surface area contributed by atoms with Crippen LogP contribution in [-0.2, 0) is 4.74 Å². The fourth-order valence-corrected chi connectivity index (χ4v) is 1.64. The van der Waals surface area contributed by atoms with Crippen molar-refractivity contribution in [2.24, 2.45) is 4.99 Å². The molecule has 0 fully saturated rings. The molecule has 0 bridgehead atoms. The first kappa shape index (κ1) is 10.5. The van der Waals surface area contributed by atoms with Crippen molar-refractivity contribution in [1.82, 2.24) is 5.32 Å². The zero-order valence-electron chi connectivity index (χ0n) is 8.68. The lowest BCUT2D eigenvalue weighted by molar-refractivity contribution is 0.170. The molecular formula is C10H20N2O. The summed E-state index contributed by atoms with van der Waals surface area (Å²) in [4.78, 5) is 4.39. The molecule has 1 rings (SSSR count). The van der Waals surface area contributed by atoms with Crippen molar-refractivity contribution >= 4 is 5.84 Å². The number of rotatable bonds is 5. The van der Waals surface area contributed by atoms with Crippen LogP contribution in [-0.4, -0.2) is 32.1 Å². The molecule has 0 saturated carbocycles. The third-order valence-corrected chi connectivity index (χ3v) is 2.25. The van der Waals surface area contributed by atoms with Gasteiger partial charge in [-0.15, -0.1) is 0 Å². The van der Waals surface area contributed by atoms with Crippen LogP contribution in [0.2, 0.25) is 0 Å². The highest BCUT2D eigenvalue weighted by Gasteiger charge is 2.11. The van der Waals surface area contributed by atoms with Crippen LogP contribution < -0.4 is 5.32 Å². The van der Waals surface area contributed by atoms with Crippen LogP contribution in [0.15, 0.2) is 4.99 Å². The highest BCUT2D eigenvalue weighted by atomic mass is 16.5. The third kappa shape index (κ3) is 3.77. The molecule has 1 N–H and O–H groups in total. The second-order valence-electron chi connectivity index (χ2n) is 3.52. The summed E-state index contributed by atoms with van der Waals surface area (Å²) in [7, 11) is 1.75. The van der Waals surface area contributed by atoms with Gasteiger partial charge in [-0.1, -0.05) is 13.3 Å². The minimum atomic E-state index is 0.451. The van der Waals surface area contributed by atoms with Gasteiger partial charge in [0.2, 0.25) is 0 Å². The highest BCUT2D eigenvalue weighted by Crippen LogP contribution is 2.04. The van der Waals surface area contributed by atoms with E-state index in [2.05, 4.69) is 17.2 Å². The smallest absolute Gasteiger partial charge is 0.0966 e. The Kier molecular flexibility index (Phi) is 4.83. The van der Waals surface area contributed by atoms with Crippen molar-refractivity contribution in [3.63, 3.8) is 0 Å². The van der Waals surface area contributed by atoms with Crippen molar-refractivity contribution in [3.8, 4) is 0 Å². The van der Waals surface area contributed by atoms with Crippen molar-refractivity contribution in [2.75, 3.05) is 20.3 Å². The van der Waals surface area contributed by atoms with Gasteiger partial charge in [0.1, 0.15) is 0 Å². The van der Waals surface area contributed by atoms with Gasteiger partial charge in [0, 0.05) is 20.1 Å². The molecule has 0 amide bonds. The molecular weight excluding hydrogens is 164 g/mol. The molecule has 0 aromatic carbocycles. The Morgan fingerprint density at radius 2 is 2.46 bits per heavy atom. The summed E-state index contributed by atoms with van der Waals surface area (Å²) in [5.74, 6) is 1.18. The summed E-state index contributed by atoms with van der Waals surface area (Å²) in [6.45, 7) is 3.97. The lowest BCUT2D eigenvalue weighted by Crippen LogP contribution is -2.37. The van der Waals surface area contributed by atoms with E-state index in [-0.39, 0.29) is 0 Å². The van der Waals surface area contributed by atoms with Crippen molar-refractivity contribution in [2.45, 2.75) is 38.6 Å². The Morgan fingerprint density at radius 1 is 1.62 bits per heavy atom. The predicted octanol–water partition coefficient (Wildman–Crippen LogP) is 1.58. The molecule has 1 atom stereocenters. The Morgan fingerprint density at radius 3 is 3.00 bits per heavy atom. The van der Waals surface area contributed by atoms with E-state index in [0.717, 1.165) is 26.0 Å². The monoisotopic (exact) mass is 184 g/mol. The fraction of sp³-hybridized carbons (Fsp3) is 0.900. The van der Waals surface area contributed by atoms with Crippen molar-refractivity contribution < 1.29 is 4.74 Å². The molecule has 0 aromatic heterocycles. The average molecular weight is 184 g/mol. The van der Waals surface area contributed by atoms with E-state index in [1.54, 1.807) is 7.11 Å². The summed E-state index contributed by atoms with van der Waals surface area (Å²) in [5, 5.41) is 3.44. The maximum atomic E-state index is 5.15. The van der Waals surface area contributed by atoms with Gasteiger partial charge in [-0.05, 0) is 12.8 Å². The van der Waals surface area contributed by atoms with Gasteiger partial charge >= 0.3 is 0 Å². The number of amidine groups is 1. The molecule has 3 heteroatoms. The lowest BCUT2D eigenvalue weighted by Gasteiger charge is -2.17. The molecule has 3 nitrogen and oxygen atoms in total. The second kappa shape index (κ2) is 5.97. The molecule has 0 saturated heterocycles.